The third-order valence-electron chi connectivity index (χ3n) is 4.26. The summed E-state index contributed by atoms with van der Waals surface area (Å²) in [7, 11) is 5.76. The molecule has 0 aromatic carbocycles. The molecular formula is C15H24N4O. The summed E-state index contributed by atoms with van der Waals surface area (Å²) in [5.74, 6) is -0.140. The smallest absolute Gasteiger partial charge is 0.269 e. The number of pyridine rings is 1. The number of nitrogens with zero attached hydrogens (tertiary/aromatic N) is 2. The minimum absolute atomic E-state index is 0.140. The summed E-state index contributed by atoms with van der Waals surface area (Å²) >= 11 is 0. The molecule has 0 aliphatic heterocycles. The Morgan fingerprint density at radius 3 is 2.60 bits per heavy atom. The van der Waals surface area contributed by atoms with Crippen molar-refractivity contribution in [3.05, 3.63) is 24.0 Å². The molecule has 1 aliphatic rings. The lowest BCUT2D eigenvalue weighted by molar-refractivity contribution is 0.0958. The van der Waals surface area contributed by atoms with Gasteiger partial charge in [-0.1, -0.05) is 0 Å². The molecule has 20 heavy (non-hydrogen) atoms. The van der Waals surface area contributed by atoms with Gasteiger partial charge in [0.05, 0.1) is 0 Å². The van der Waals surface area contributed by atoms with Gasteiger partial charge < -0.3 is 15.5 Å². The lowest BCUT2D eigenvalue weighted by atomic mass is 9.90. The predicted octanol–water partition coefficient (Wildman–Crippen LogP) is 1.41. The molecule has 0 bridgehead atoms. The second-order valence-corrected chi connectivity index (χ2v) is 5.38. The SMILES string of the molecule is CNC(=O)c1cc(N(C)C2CCC(NC)CC2)ccn1. The van der Waals surface area contributed by atoms with E-state index in [1.807, 2.05) is 19.2 Å². The molecule has 1 aliphatic carbocycles. The topological polar surface area (TPSA) is 57.3 Å². The summed E-state index contributed by atoms with van der Waals surface area (Å²) in [6.45, 7) is 0. The largest absolute Gasteiger partial charge is 0.372 e. The average molecular weight is 276 g/mol. The first-order valence-electron chi connectivity index (χ1n) is 7.24. The number of hydrogen-bond acceptors (Lipinski definition) is 4. The fourth-order valence-electron chi connectivity index (χ4n) is 2.85. The third-order valence-corrected chi connectivity index (χ3v) is 4.26. The van der Waals surface area contributed by atoms with Crippen molar-refractivity contribution in [3.63, 3.8) is 0 Å². The summed E-state index contributed by atoms with van der Waals surface area (Å²) < 4.78 is 0. The Morgan fingerprint density at radius 2 is 2.00 bits per heavy atom. The minimum Gasteiger partial charge on any atom is -0.372 e. The second kappa shape index (κ2) is 6.70. The fourth-order valence-corrected chi connectivity index (χ4v) is 2.85. The highest BCUT2D eigenvalue weighted by Gasteiger charge is 2.23. The molecule has 110 valence electrons. The van der Waals surface area contributed by atoms with Crippen LogP contribution in [0.4, 0.5) is 5.69 Å². The maximum atomic E-state index is 11.6. The quantitative estimate of drug-likeness (QED) is 0.873. The van der Waals surface area contributed by atoms with Gasteiger partial charge in [0.25, 0.3) is 5.91 Å². The molecule has 1 amide bonds. The number of anilines is 1. The average Bonchev–Trinajstić information content (AvgIpc) is 2.53. The van der Waals surface area contributed by atoms with Crippen LogP contribution in [0.3, 0.4) is 0 Å². The van der Waals surface area contributed by atoms with Gasteiger partial charge in [0.1, 0.15) is 5.69 Å². The molecular weight excluding hydrogens is 252 g/mol. The van der Waals surface area contributed by atoms with E-state index in [0.717, 1.165) is 5.69 Å². The molecule has 0 saturated heterocycles. The second-order valence-electron chi connectivity index (χ2n) is 5.38. The van der Waals surface area contributed by atoms with Gasteiger partial charge in [0.15, 0.2) is 0 Å². The summed E-state index contributed by atoms with van der Waals surface area (Å²) in [6, 6.07) is 5.03. The first-order chi connectivity index (χ1) is 9.65. The van der Waals surface area contributed by atoms with Gasteiger partial charge >= 0.3 is 0 Å². The zero-order valence-corrected chi connectivity index (χ0v) is 12.5. The van der Waals surface area contributed by atoms with E-state index in [1.165, 1.54) is 25.7 Å². The number of amides is 1. The number of aromatic nitrogens is 1. The van der Waals surface area contributed by atoms with Gasteiger partial charge in [-0.15, -0.1) is 0 Å². The van der Waals surface area contributed by atoms with Crippen LogP contribution in [-0.4, -0.2) is 44.1 Å². The van der Waals surface area contributed by atoms with Crippen molar-refractivity contribution in [2.24, 2.45) is 0 Å². The molecule has 0 atom stereocenters. The van der Waals surface area contributed by atoms with E-state index < -0.39 is 0 Å². The lowest BCUT2D eigenvalue weighted by Gasteiger charge is -2.36. The number of hydrogen-bond donors (Lipinski definition) is 2. The third kappa shape index (κ3) is 3.28. The van der Waals surface area contributed by atoms with E-state index in [0.29, 0.717) is 17.8 Å². The van der Waals surface area contributed by atoms with Crippen LogP contribution < -0.4 is 15.5 Å². The van der Waals surface area contributed by atoms with Crippen molar-refractivity contribution in [1.82, 2.24) is 15.6 Å². The van der Waals surface area contributed by atoms with Gasteiger partial charge in [0, 0.05) is 38.1 Å². The van der Waals surface area contributed by atoms with Gasteiger partial charge in [-0.25, -0.2) is 0 Å². The first kappa shape index (κ1) is 14.8. The zero-order chi connectivity index (χ0) is 14.5. The van der Waals surface area contributed by atoms with Crippen LogP contribution in [0.1, 0.15) is 36.2 Å². The number of carbonyl (C=O) groups is 1. The van der Waals surface area contributed by atoms with Gasteiger partial charge in [0.2, 0.25) is 0 Å². The van der Waals surface area contributed by atoms with Crippen LogP contribution in [0.15, 0.2) is 18.3 Å². The number of nitrogens with one attached hydrogen (secondary N) is 2. The molecule has 1 saturated carbocycles. The molecule has 2 N–H and O–H groups in total. The van der Waals surface area contributed by atoms with Crippen molar-refractivity contribution in [2.45, 2.75) is 37.8 Å². The highest BCUT2D eigenvalue weighted by molar-refractivity contribution is 5.92. The molecule has 1 aromatic rings. The van der Waals surface area contributed by atoms with E-state index in [1.54, 1.807) is 13.2 Å². The summed E-state index contributed by atoms with van der Waals surface area (Å²) in [5.41, 5.74) is 1.53. The first-order valence-corrected chi connectivity index (χ1v) is 7.24. The van der Waals surface area contributed by atoms with E-state index in [4.69, 9.17) is 0 Å². The maximum Gasteiger partial charge on any atom is 0.269 e. The molecule has 1 heterocycles. The van der Waals surface area contributed by atoms with Crippen molar-refractivity contribution < 1.29 is 4.79 Å². The van der Waals surface area contributed by atoms with Crippen LogP contribution in [-0.2, 0) is 0 Å². The van der Waals surface area contributed by atoms with Crippen LogP contribution in [0.5, 0.6) is 0 Å². The van der Waals surface area contributed by atoms with Crippen molar-refractivity contribution in [3.8, 4) is 0 Å². The maximum absolute atomic E-state index is 11.6. The van der Waals surface area contributed by atoms with Crippen molar-refractivity contribution in [1.29, 1.82) is 0 Å². The fraction of sp³-hybridized carbons (Fsp3) is 0.600. The highest BCUT2D eigenvalue weighted by Crippen LogP contribution is 2.26. The van der Waals surface area contributed by atoms with E-state index in [-0.39, 0.29) is 5.91 Å². The molecule has 5 heteroatoms. The summed E-state index contributed by atoms with van der Waals surface area (Å²) in [5, 5.41) is 5.97. The van der Waals surface area contributed by atoms with E-state index in [2.05, 4.69) is 27.6 Å². The standard InChI is InChI=1S/C15H24N4O/c1-16-11-4-6-12(7-5-11)19(3)13-8-9-18-14(10-13)15(20)17-2/h8-12,16H,4-7H2,1-3H3,(H,17,20). The van der Waals surface area contributed by atoms with Gasteiger partial charge in [-0.3, -0.25) is 9.78 Å². The molecule has 1 aromatic heterocycles. The normalized spacial score (nSPS) is 22.4. The summed E-state index contributed by atoms with van der Waals surface area (Å²) in [4.78, 5) is 18.0. The molecule has 5 nitrogen and oxygen atoms in total. The van der Waals surface area contributed by atoms with Gasteiger partial charge in [-0.2, -0.15) is 0 Å². The molecule has 2 rings (SSSR count). The molecule has 1 fully saturated rings. The minimum atomic E-state index is -0.140. The van der Waals surface area contributed by atoms with Crippen molar-refractivity contribution in [2.75, 3.05) is 26.0 Å². The summed E-state index contributed by atoms with van der Waals surface area (Å²) in [6.07, 6.45) is 6.48. The van der Waals surface area contributed by atoms with Crippen molar-refractivity contribution >= 4 is 11.6 Å². The predicted molar refractivity (Wildman–Crippen MR) is 81.1 cm³/mol. The molecule has 0 unspecified atom stereocenters. The number of carbonyl (C=O) groups excluding carboxylic acids is 1. The highest BCUT2D eigenvalue weighted by atomic mass is 16.1. The monoisotopic (exact) mass is 276 g/mol. The van der Waals surface area contributed by atoms with Crippen LogP contribution >= 0.6 is 0 Å². The zero-order valence-electron chi connectivity index (χ0n) is 12.5. The molecule has 0 spiro atoms. The Hall–Kier alpha value is -1.62. The Morgan fingerprint density at radius 1 is 1.30 bits per heavy atom. The number of rotatable bonds is 4. The Labute approximate surface area is 120 Å². The van der Waals surface area contributed by atoms with Crippen LogP contribution in [0.2, 0.25) is 0 Å². The van der Waals surface area contributed by atoms with Gasteiger partial charge in [-0.05, 0) is 44.9 Å². The Bertz CT molecular complexity index is 455. The Balaban J connectivity index is 2.05. The van der Waals surface area contributed by atoms with E-state index in [9.17, 15) is 4.79 Å². The van der Waals surface area contributed by atoms with Crippen LogP contribution in [0, 0.1) is 0 Å². The Kier molecular flexibility index (Phi) is 4.95. The van der Waals surface area contributed by atoms with Crippen LogP contribution in [0.25, 0.3) is 0 Å². The van der Waals surface area contributed by atoms with E-state index >= 15 is 0 Å². The molecule has 0 radical (unpaired) electrons. The lowest BCUT2D eigenvalue weighted by Crippen LogP contribution is -2.40.